The summed E-state index contributed by atoms with van der Waals surface area (Å²) in [5, 5.41) is 0.964. The van der Waals surface area contributed by atoms with Crippen LogP contribution in [0, 0.1) is 0 Å². The van der Waals surface area contributed by atoms with Crippen molar-refractivity contribution in [1.82, 2.24) is 10.9 Å². The molecular weight excluding hydrogens is 469 g/mol. The number of hydrazine groups is 2. The van der Waals surface area contributed by atoms with Gasteiger partial charge in [0.15, 0.2) is 0 Å². The van der Waals surface area contributed by atoms with Gasteiger partial charge in [0.25, 0.3) is 0 Å². The van der Waals surface area contributed by atoms with E-state index in [1.54, 1.807) is 0 Å². The van der Waals surface area contributed by atoms with Gasteiger partial charge in [-0.05, 0) is 24.3 Å². The van der Waals surface area contributed by atoms with Crippen LogP contribution in [0.15, 0.2) is 24.3 Å². The first kappa shape index (κ1) is 21.0. The second kappa shape index (κ2) is 9.08. The molecule has 2 aromatic rings. The van der Waals surface area contributed by atoms with Gasteiger partial charge in [-0.3, -0.25) is 31.3 Å². The SMILES string of the molecule is O=C(NNc1c(Cl)ccc(Cl)c1Cl)C(=O)NNc1c(Cl)ccc(Cl)c1Cl. The van der Waals surface area contributed by atoms with E-state index in [4.69, 9.17) is 69.6 Å². The van der Waals surface area contributed by atoms with Crippen LogP contribution in [0.4, 0.5) is 11.4 Å². The average Bonchev–Trinajstić information content (AvgIpc) is 2.61. The first-order valence-corrected chi connectivity index (χ1v) is 8.88. The van der Waals surface area contributed by atoms with Crippen LogP contribution in [-0.4, -0.2) is 11.8 Å². The fraction of sp³-hybridized carbons (Fsp3) is 0. The molecule has 0 aliphatic carbocycles. The van der Waals surface area contributed by atoms with Crippen LogP contribution in [-0.2, 0) is 9.59 Å². The monoisotopic (exact) mass is 474 g/mol. The molecule has 4 N–H and O–H groups in total. The summed E-state index contributed by atoms with van der Waals surface area (Å²) in [5.41, 5.74) is 9.36. The van der Waals surface area contributed by atoms with Crippen molar-refractivity contribution < 1.29 is 9.59 Å². The highest BCUT2D eigenvalue weighted by atomic mass is 35.5. The molecule has 26 heavy (non-hydrogen) atoms. The van der Waals surface area contributed by atoms with Crippen molar-refractivity contribution in [3.8, 4) is 0 Å². The molecule has 2 aromatic carbocycles. The maximum Gasteiger partial charge on any atom is 0.329 e. The normalized spacial score (nSPS) is 10.2. The molecule has 0 aliphatic heterocycles. The number of rotatable bonds is 4. The molecule has 0 unspecified atom stereocenters. The van der Waals surface area contributed by atoms with Crippen LogP contribution >= 0.6 is 69.6 Å². The maximum atomic E-state index is 11.8. The van der Waals surface area contributed by atoms with Crippen molar-refractivity contribution in [3.05, 3.63) is 54.4 Å². The molecule has 0 spiro atoms. The van der Waals surface area contributed by atoms with Crippen molar-refractivity contribution in [3.63, 3.8) is 0 Å². The minimum atomic E-state index is -1.06. The van der Waals surface area contributed by atoms with Crippen LogP contribution in [0.25, 0.3) is 0 Å². The zero-order valence-corrected chi connectivity index (χ0v) is 16.9. The number of nitrogens with one attached hydrogen (secondary N) is 4. The number of carbonyl (C=O) groups excluding carboxylic acids is 2. The van der Waals surface area contributed by atoms with E-state index in [1.165, 1.54) is 24.3 Å². The largest absolute Gasteiger partial charge is 0.329 e. The molecular formula is C14H8Cl6N4O2. The first-order chi connectivity index (χ1) is 12.2. The van der Waals surface area contributed by atoms with Gasteiger partial charge < -0.3 is 0 Å². The first-order valence-electron chi connectivity index (χ1n) is 6.61. The highest BCUT2D eigenvalue weighted by molar-refractivity contribution is 6.47. The molecule has 138 valence electrons. The van der Waals surface area contributed by atoms with Crippen LogP contribution < -0.4 is 21.7 Å². The summed E-state index contributed by atoms with van der Waals surface area (Å²) in [4.78, 5) is 23.7. The Morgan fingerprint density at radius 2 is 0.885 bits per heavy atom. The van der Waals surface area contributed by atoms with Gasteiger partial charge >= 0.3 is 11.8 Å². The third kappa shape index (κ3) is 4.91. The lowest BCUT2D eigenvalue weighted by molar-refractivity contribution is -0.138. The van der Waals surface area contributed by atoms with Crippen LogP contribution in [0.2, 0.25) is 30.1 Å². The highest BCUT2D eigenvalue weighted by Crippen LogP contribution is 2.36. The van der Waals surface area contributed by atoms with E-state index in [9.17, 15) is 9.59 Å². The topological polar surface area (TPSA) is 82.3 Å². The Morgan fingerprint density at radius 1 is 0.577 bits per heavy atom. The van der Waals surface area contributed by atoms with Crippen molar-refractivity contribution in [2.75, 3.05) is 10.9 Å². The molecule has 0 aromatic heterocycles. The van der Waals surface area contributed by atoms with Gasteiger partial charge in [0, 0.05) is 0 Å². The standard InChI is InChI=1S/C14H8Cl6N4O2/c15-5-1-3-7(17)11(9(5)19)21-23-13(25)14(26)24-22-12-8(18)4-2-6(16)10(12)20/h1-4,21-22H,(H,23,25)(H,24,26). The Kier molecular flexibility index (Phi) is 7.34. The molecule has 0 fully saturated rings. The van der Waals surface area contributed by atoms with E-state index in [0.717, 1.165) is 0 Å². The third-order valence-electron chi connectivity index (χ3n) is 2.90. The van der Waals surface area contributed by atoms with Gasteiger partial charge in [-0.25, -0.2) is 0 Å². The smallest absolute Gasteiger partial charge is 0.295 e. The minimum Gasteiger partial charge on any atom is -0.295 e. The maximum absolute atomic E-state index is 11.8. The number of benzene rings is 2. The third-order valence-corrected chi connectivity index (χ3v) is 5.13. The lowest BCUT2D eigenvalue weighted by Gasteiger charge is -2.14. The number of hydrogen-bond donors (Lipinski definition) is 4. The summed E-state index contributed by atoms with van der Waals surface area (Å²) in [6, 6.07) is 5.90. The summed E-state index contributed by atoms with van der Waals surface area (Å²) in [7, 11) is 0. The fourth-order valence-electron chi connectivity index (χ4n) is 1.64. The van der Waals surface area contributed by atoms with Gasteiger partial charge in [-0.2, -0.15) is 0 Å². The molecule has 2 rings (SSSR count). The minimum absolute atomic E-state index is 0.0792. The Morgan fingerprint density at radius 3 is 1.23 bits per heavy atom. The second-order valence-electron chi connectivity index (χ2n) is 4.59. The lowest BCUT2D eigenvalue weighted by atomic mass is 10.3. The predicted molar refractivity (Wildman–Crippen MR) is 106 cm³/mol. The Labute approximate surface area is 178 Å². The molecule has 0 heterocycles. The Hall–Kier alpha value is -1.28. The summed E-state index contributed by atoms with van der Waals surface area (Å²) < 4.78 is 0. The second-order valence-corrected chi connectivity index (χ2v) is 6.98. The molecule has 0 atom stereocenters. The van der Waals surface area contributed by atoms with E-state index < -0.39 is 11.8 Å². The lowest BCUT2D eigenvalue weighted by Crippen LogP contribution is -2.44. The predicted octanol–water partition coefficient (Wildman–Crippen LogP) is 5.19. The number of anilines is 2. The summed E-state index contributed by atoms with van der Waals surface area (Å²) >= 11 is 35.5. The van der Waals surface area contributed by atoms with Gasteiger partial charge in [-0.1, -0.05) is 69.6 Å². The highest BCUT2D eigenvalue weighted by Gasteiger charge is 2.17. The molecule has 12 heteroatoms. The Bertz CT molecular complexity index is 806. The number of hydrogen-bond acceptors (Lipinski definition) is 4. The van der Waals surface area contributed by atoms with Crippen LogP contribution in [0.1, 0.15) is 0 Å². The number of amides is 2. The van der Waals surface area contributed by atoms with Gasteiger partial charge in [-0.15, -0.1) is 0 Å². The molecule has 0 aliphatic rings. The fourth-order valence-corrected chi connectivity index (χ4v) is 2.88. The van der Waals surface area contributed by atoms with Crippen LogP contribution in [0.5, 0.6) is 0 Å². The van der Waals surface area contributed by atoms with E-state index in [0.29, 0.717) is 0 Å². The quantitative estimate of drug-likeness (QED) is 0.278. The van der Waals surface area contributed by atoms with Crippen LogP contribution in [0.3, 0.4) is 0 Å². The van der Waals surface area contributed by atoms with E-state index >= 15 is 0 Å². The molecule has 0 saturated heterocycles. The zero-order valence-electron chi connectivity index (χ0n) is 12.4. The van der Waals surface area contributed by atoms with Crippen molar-refractivity contribution in [2.45, 2.75) is 0 Å². The molecule has 2 amide bonds. The molecule has 0 saturated carbocycles. The van der Waals surface area contributed by atoms with Crippen molar-refractivity contribution in [1.29, 1.82) is 0 Å². The number of carbonyl (C=O) groups is 2. The average molecular weight is 477 g/mol. The molecule has 6 nitrogen and oxygen atoms in total. The summed E-state index contributed by atoms with van der Waals surface area (Å²) in [6.07, 6.45) is 0. The van der Waals surface area contributed by atoms with Gasteiger partial charge in [0.1, 0.15) is 0 Å². The van der Waals surface area contributed by atoms with E-state index in [-0.39, 0.29) is 41.5 Å². The van der Waals surface area contributed by atoms with Gasteiger partial charge in [0.05, 0.1) is 41.5 Å². The van der Waals surface area contributed by atoms with Gasteiger partial charge in [0.2, 0.25) is 0 Å². The van der Waals surface area contributed by atoms with E-state index in [2.05, 4.69) is 21.7 Å². The summed E-state index contributed by atoms with van der Waals surface area (Å²) in [5.74, 6) is -2.11. The number of halogens is 6. The zero-order chi connectivity index (χ0) is 19.4. The summed E-state index contributed by atoms with van der Waals surface area (Å²) in [6.45, 7) is 0. The molecule has 0 bridgehead atoms. The van der Waals surface area contributed by atoms with Crippen molar-refractivity contribution >= 4 is 92.8 Å². The van der Waals surface area contributed by atoms with Crippen molar-refractivity contribution in [2.24, 2.45) is 0 Å². The van der Waals surface area contributed by atoms with E-state index in [1.807, 2.05) is 0 Å². The Balaban J connectivity index is 1.98. The molecule has 0 radical (unpaired) electrons.